The lowest BCUT2D eigenvalue weighted by Gasteiger charge is -2.15. The van der Waals surface area contributed by atoms with E-state index >= 15 is 0 Å². The first-order valence-electron chi connectivity index (χ1n) is 12.9. The molecule has 12 heteroatoms. The zero-order valence-corrected chi connectivity index (χ0v) is 27.5. The monoisotopic (exact) mass is 739 g/mol. The fraction of sp³-hybridized carbons (Fsp3) is 0.0938. The van der Waals surface area contributed by atoms with Gasteiger partial charge in [-0.2, -0.15) is 5.10 Å². The fourth-order valence-corrected chi connectivity index (χ4v) is 6.10. The summed E-state index contributed by atoms with van der Waals surface area (Å²) in [6.07, 6.45) is 1.38. The van der Waals surface area contributed by atoms with Gasteiger partial charge in [-0.1, -0.05) is 57.9 Å². The lowest BCUT2D eigenvalue weighted by atomic mass is 10.0. The summed E-state index contributed by atoms with van der Waals surface area (Å²) >= 11 is 13.2. The number of aromatic amines is 1. The Labute approximate surface area is 274 Å². The number of ether oxygens (including phenoxy) is 4. The third-order valence-corrected chi connectivity index (χ3v) is 7.83. The second-order valence-electron chi connectivity index (χ2n) is 9.24. The van der Waals surface area contributed by atoms with Crippen molar-refractivity contribution in [2.24, 2.45) is 5.10 Å². The number of hydrogen-bond donors (Lipinski definition) is 2. The number of hydrazone groups is 1. The van der Waals surface area contributed by atoms with Crippen molar-refractivity contribution in [1.29, 1.82) is 0 Å². The van der Waals surface area contributed by atoms with Gasteiger partial charge in [0.25, 0.3) is 5.91 Å². The van der Waals surface area contributed by atoms with Crippen molar-refractivity contribution in [2.45, 2.75) is 0 Å². The van der Waals surface area contributed by atoms with Crippen LogP contribution in [0.2, 0.25) is 5.02 Å². The average Bonchev–Trinajstić information content (AvgIpc) is 3.40. The van der Waals surface area contributed by atoms with Gasteiger partial charge in [0.15, 0.2) is 17.2 Å². The lowest BCUT2D eigenvalue weighted by molar-refractivity contribution is 0.0732. The second-order valence-corrected chi connectivity index (χ2v) is 11.4. The molecule has 0 aliphatic carbocycles. The number of benzene rings is 4. The Kier molecular flexibility index (Phi) is 9.58. The molecule has 5 aromatic rings. The first-order valence-corrected chi connectivity index (χ1v) is 14.9. The number of H-pyrrole nitrogens is 1. The molecule has 0 spiro atoms. The van der Waals surface area contributed by atoms with Crippen molar-refractivity contribution in [3.8, 4) is 34.1 Å². The molecule has 0 saturated carbocycles. The summed E-state index contributed by atoms with van der Waals surface area (Å²) in [5, 5.41) is 5.53. The highest BCUT2D eigenvalue weighted by Crippen LogP contribution is 2.39. The Bertz CT molecular complexity index is 1880. The standard InChI is InChI=1S/C32H24Br2ClN3O6/c1-41-25-12-18(13-26(42-2)30(25)43-3)32(40)44-29-19(11-20(33)14-23(29)34)16-36-38-31(39)28-27(17-7-5-4-6-8-17)22-15-21(35)9-10-24(22)37-28/h4-16,37H,1-3H3,(H,38,39). The van der Waals surface area contributed by atoms with Crippen LogP contribution in [-0.4, -0.2) is 44.4 Å². The van der Waals surface area contributed by atoms with Crippen LogP contribution in [0.3, 0.4) is 0 Å². The summed E-state index contributed by atoms with van der Waals surface area (Å²) in [5.74, 6) is -0.0455. The van der Waals surface area contributed by atoms with Gasteiger partial charge >= 0.3 is 5.97 Å². The number of nitrogens with one attached hydrogen (secondary N) is 2. The number of esters is 1. The van der Waals surface area contributed by atoms with E-state index in [1.54, 1.807) is 18.2 Å². The normalized spacial score (nSPS) is 11.0. The van der Waals surface area contributed by atoms with Gasteiger partial charge in [-0.05, 0) is 64.0 Å². The Hall–Kier alpha value is -4.32. The van der Waals surface area contributed by atoms with Crippen molar-refractivity contribution in [2.75, 3.05) is 21.3 Å². The van der Waals surface area contributed by atoms with Gasteiger partial charge in [0.05, 0.1) is 37.6 Å². The van der Waals surface area contributed by atoms with E-state index in [1.165, 1.54) is 39.7 Å². The van der Waals surface area contributed by atoms with Crippen molar-refractivity contribution >= 4 is 72.5 Å². The molecule has 0 atom stereocenters. The summed E-state index contributed by atoms with van der Waals surface area (Å²) in [6.45, 7) is 0. The Morgan fingerprint density at radius 3 is 2.25 bits per heavy atom. The van der Waals surface area contributed by atoms with E-state index in [1.807, 2.05) is 42.5 Å². The maximum absolute atomic E-state index is 13.4. The highest BCUT2D eigenvalue weighted by atomic mass is 79.9. The topological polar surface area (TPSA) is 111 Å². The van der Waals surface area contributed by atoms with Gasteiger partial charge in [-0.3, -0.25) is 4.79 Å². The minimum absolute atomic E-state index is 0.165. The molecule has 224 valence electrons. The number of fused-ring (bicyclic) bond motifs is 1. The highest BCUT2D eigenvalue weighted by molar-refractivity contribution is 9.11. The lowest BCUT2D eigenvalue weighted by Crippen LogP contribution is -2.19. The molecule has 0 saturated heterocycles. The molecule has 0 aliphatic heterocycles. The molecule has 1 aromatic heterocycles. The van der Waals surface area contributed by atoms with Gasteiger partial charge in [0, 0.05) is 31.5 Å². The number of amides is 1. The summed E-state index contributed by atoms with van der Waals surface area (Å²) < 4.78 is 23.0. The van der Waals surface area contributed by atoms with Crippen LogP contribution in [0.15, 0.2) is 86.8 Å². The molecule has 4 aromatic carbocycles. The SMILES string of the molecule is COc1cc(C(=O)Oc2c(Br)cc(Br)cc2C=NNC(=O)c2[nH]c3ccc(Cl)cc3c2-c2ccccc2)cc(OC)c1OC. The first-order chi connectivity index (χ1) is 21.2. The van der Waals surface area contributed by atoms with Crippen LogP contribution in [0, 0.1) is 0 Å². The second kappa shape index (κ2) is 13.5. The largest absolute Gasteiger partial charge is 0.493 e. The van der Waals surface area contributed by atoms with Crippen LogP contribution in [0.4, 0.5) is 0 Å². The highest BCUT2D eigenvalue weighted by Gasteiger charge is 2.22. The Morgan fingerprint density at radius 1 is 0.886 bits per heavy atom. The Morgan fingerprint density at radius 2 is 1.59 bits per heavy atom. The first kappa shape index (κ1) is 31.1. The van der Waals surface area contributed by atoms with Crippen molar-refractivity contribution in [3.05, 3.63) is 104 Å². The number of halogens is 3. The van der Waals surface area contributed by atoms with E-state index in [4.69, 9.17) is 30.5 Å². The number of rotatable bonds is 9. The molecule has 2 N–H and O–H groups in total. The molecular formula is C32H24Br2ClN3O6. The number of nitrogens with zero attached hydrogens (tertiary/aromatic N) is 1. The van der Waals surface area contributed by atoms with Gasteiger partial charge in [-0.25, -0.2) is 10.2 Å². The summed E-state index contributed by atoms with van der Waals surface area (Å²) in [5.41, 5.74) is 5.74. The number of carbonyl (C=O) groups is 2. The zero-order valence-electron chi connectivity index (χ0n) is 23.5. The minimum Gasteiger partial charge on any atom is -0.493 e. The summed E-state index contributed by atoms with van der Waals surface area (Å²) in [4.78, 5) is 29.8. The molecule has 0 aliphatic rings. The molecule has 0 radical (unpaired) electrons. The number of hydrogen-bond acceptors (Lipinski definition) is 7. The number of methoxy groups -OCH3 is 3. The van der Waals surface area contributed by atoms with Gasteiger partial charge < -0.3 is 23.9 Å². The van der Waals surface area contributed by atoms with Crippen molar-refractivity contribution in [3.63, 3.8) is 0 Å². The Balaban J connectivity index is 1.44. The van der Waals surface area contributed by atoms with Gasteiger partial charge in [0.2, 0.25) is 5.75 Å². The minimum atomic E-state index is -0.685. The molecular weight excluding hydrogens is 718 g/mol. The molecule has 1 heterocycles. The van der Waals surface area contributed by atoms with E-state index in [2.05, 4.69) is 47.4 Å². The maximum Gasteiger partial charge on any atom is 0.343 e. The molecule has 0 bridgehead atoms. The van der Waals surface area contributed by atoms with Crippen LogP contribution < -0.4 is 24.4 Å². The smallest absolute Gasteiger partial charge is 0.343 e. The van der Waals surface area contributed by atoms with Crippen LogP contribution in [-0.2, 0) is 0 Å². The predicted octanol–water partition coefficient (Wildman–Crippen LogP) is 8.02. The van der Waals surface area contributed by atoms with E-state index in [-0.39, 0.29) is 11.3 Å². The predicted molar refractivity (Wildman–Crippen MR) is 177 cm³/mol. The summed E-state index contributed by atoms with van der Waals surface area (Å²) in [7, 11) is 4.38. The van der Waals surface area contributed by atoms with Crippen LogP contribution in [0.5, 0.6) is 23.0 Å². The summed E-state index contributed by atoms with van der Waals surface area (Å²) in [6, 6.07) is 21.3. The maximum atomic E-state index is 13.4. The third kappa shape index (κ3) is 6.45. The molecule has 44 heavy (non-hydrogen) atoms. The molecule has 0 fully saturated rings. The number of aromatic nitrogens is 1. The zero-order chi connectivity index (χ0) is 31.4. The molecule has 0 unspecified atom stereocenters. The number of carbonyl (C=O) groups excluding carboxylic acids is 2. The van der Waals surface area contributed by atoms with E-state index < -0.39 is 11.9 Å². The quantitative estimate of drug-likeness (QED) is 0.0686. The van der Waals surface area contributed by atoms with Crippen molar-refractivity contribution in [1.82, 2.24) is 10.4 Å². The van der Waals surface area contributed by atoms with Gasteiger partial charge in [-0.15, -0.1) is 0 Å². The van der Waals surface area contributed by atoms with Gasteiger partial charge in [0.1, 0.15) is 5.69 Å². The van der Waals surface area contributed by atoms with E-state index in [0.29, 0.717) is 48.0 Å². The van der Waals surface area contributed by atoms with E-state index in [9.17, 15) is 9.59 Å². The van der Waals surface area contributed by atoms with Crippen LogP contribution in [0.1, 0.15) is 26.4 Å². The van der Waals surface area contributed by atoms with Crippen LogP contribution in [0.25, 0.3) is 22.0 Å². The van der Waals surface area contributed by atoms with Crippen LogP contribution >= 0.6 is 43.5 Å². The molecule has 5 rings (SSSR count). The van der Waals surface area contributed by atoms with E-state index in [0.717, 1.165) is 16.5 Å². The molecule has 1 amide bonds. The average molecular weight is 742 g/mol. The van der Waals surface area contributed by atoms with Crippen molar-refractivity contribution < 1.29 is 28.5 Å². The molecule has 9 nitrogen and oxygen atoms in total. The third-order valence-electron chi connectivity index (χ3n) is 6.55. The fourth-order valence-electron chi connectivity index (χ4n) is 4.59.